The maximum absolute atomic E-state index is 14.0. The number of carbonyl (C=O) groups excluding carboxylic acids is 2. The fourth-order valence-corrected chi connectivity index (χ4v) is 3.99. The van der Waals surface area contributed by atoms with E-state index in [0.29, 0.717) is 0 Å². The highest BCUT2D eigenvalue weighted by molar-refractivity contribution is 5.86. The summed E-state index contributed by atoms with van der Waals surface area (Å²) in [6.45, 7) is -0.278. The maximum Gasteiger partial charge on any atom is 0.332 e. The molecule has 4 rings (SSSR count). The molecule has 12 heteroatoms. The van der Waals surface area contributed by atoms with Crippen LogP contribution in [0.2, 0.25) is 0 Å². The van der Waals surface area contributed by atoms with Crippen LogP contribution in [-0.2, 0) is 35.0 Å². The number of amides is 1. The number of hydrogen-bond acceptors (Lipinski definition) is 7. The van der Waals surface area contributed by atoms with Crippen molar-refractivity contribution in [3.8, 4) is 5.75 Å². The van der Waals surface area contributed by atoms with E-state index in [9.17, 15) is 23.6 Å². The van der Waals surface area contributed by atoms with Crippen molar-refractivity contribution in [2.45, 2.75) is 25.1 Å². The molecule has 2 aromatic heterocycles. The minimum atomic E-state index is -0.929. The number of halogens is 1. The molecule has 0 aliphatic carbocycles. The van der Waals surface area contributed by atoms with Gasteiger partial charge < -0.3 is 18.9 Å². The van der Waals surface area contributed by atoms with E-state index in [1.54, 1.807) is 6.07 Å². The molecule has 0 spiro atoms. The van der Waals surface area contributed by atoms with E-state index in [4.69, 9.17) is 9.47 Å². The van der Waals surface area contributed by atoms with Gasteiger partial charge in [-0.15, -0.1) is 0 Å². The highest BCUT2D eigenvalue weighted by Gasteiger charge is 2.41. The summed E-state index contributed by atoms with van der Waals surface area (Å²) in [7, 11) is 4.02. The van der Waals surface area contributed by atoms with Crippen LogP contribution in [0.1, 0.15) is 6.42 Å². The van der Waals surface area contributed by atoms with Gasteiger partial charge in [0.15, 0.2) is 22.7 Å². The van der Waals surface area contributed by atoms with Crippen LogP contribution >= 0.6 is 0 Å². The lowest BCUT2D eigenvalue weighted by Crippen LogP contribution is -2.43. The largest absolute Gasteiger partial charge is 0.485 e. The molecule has 0 radical (unpaired) electrons. The second-order valence-electron chi connectivity index (χ2n) is 7.74. The van der Waals surface area contributed by atoms with Gasteiger partial charge in [-0.2, -0.15) is 0 Å². The van der Waals surface area contributed by atoms with Crippen molar-refractivity contribution in [1.82, 2.24) is 23.6 Å². The van der Waals surface area contributed by atoms with Gasteiger partial charge in [-0.05, 0) is 12.1 Å². The summed E-state index contributed by atoms with van der Waals surface area (Å²) in [4.78, 5) is 55.6. The Morgan fingerprint density at radius 2 is 1.91 bits per heavy atom. The molecule has 33 heavy (non-hydrogen) atoms. The summed E-state index contributed by atoms with van der Waals surface area (Å²) < 4.78 is 28.0. The first-order valence-electron chi connectivity index (χ1n) is 10.1. The van der Waals surface area contributed by atoms with Crippen molar-refractivity contribution in [2.24, 2.45) is 14.1 Å². The molecule has 174 valence electrons. The number of rotatable bonds is 5. The van der Waals surface area contributed by atoms with Gasteiger partial charge in [0, 0.05) is 20.5 Å². The lowest BCUT2D eigenvalue weighted by molar-refractivity contribution is -0.151. The van der Waals surface area contributed by atoms with Crippen molar-refractivity contribution < 1.29 is 23.5 Å². The fourth-order valence-electron chi connectivity index (χ4n) is 3.99. The number of aryl methyl sites for hydroxylation is 1. The summed E-state index contributed by atoms with van der Waals surface area (Å²) in [6, 6.07) is 4.93. The number of methoxy groups -OCH3 is 1. The Morgan fingerprint density at radius 1 is 1.18 bits per heavy atom. The average Bonchev–Trinajstić information content (AvgIpc) is 3.42. The molecular formula is C21H22FN5O6. The summed E-state index contributed by atoms with van der Waals surface area (Å²) >= 11 is 0. The molecule has 2 atom stereocenters. The number of esters is 1. The molecule has 1 aliphatic rings. The first kappa shape index (κ1) is 22.2. The summed E-state index contributed by atoms with van der Waals surface area (Å²) in [5.41, 5.74) is -0.906. The zero-order chi connectivity index (χ0) is 23.9. The Balaban J connectivity index is 1.61. The Morgan fingerprint density at radius 3 is 2.61 bits per heavy atom. The molecule has 3 aromatic rings. The van der Waals surface area contributed by atoms with Gasteiger partial charge in [0.1, 0.15) is 18.7 Å². The Kier molecular flexibility index (Phi) is 5.75. The quantitative estimate of drug-likeness (QED) is 0.485. The summed E-state index contributed by atoms with van der Waals surface area (Å²) in [5.74, 6) is -1.65. The van der Waals surface area contributed by atoms with Crippen LogP contribution in [0.4, 0.5) is 4.39 Å². The molecule has 11 nitrogen and oxygen atoms in total. The van der Waals surface area contributed by atoms with Crippen LogP contribution in [-0.4, -0.2) is 61.3 Å². The second kappa shape index (κ2) is 8.52. The first-order chi connectivity index (χ1) is 15.7. The van der Waals surface area contributed by atoms with E-state index in [1.807, 2.05) is 0 Å². The monoisotopic (exact) mass is 459 g/mol. The molecular weight excluding hydrogens is 437 g/mol. The smallest absolute Gasteiger partial charge is 0.332 e. The molecule has 2 unspecified atom stereocenters. The highest BCUT2D eigenvalue weighted by Crippen LogP contribution is 2.26. The molecule has 1 amide bonds. The van der Waals surface area contributed by atoms with Crippen molar-refractivity contribution >= 4 is 23.0 Å². The zero-order valence-electron chi connectivity index (χ0n) is 18.2. The van der Waals surface area contributed by atoms with Gasteiger partial charge >= 0.3 is 11.7 Å². The van der Waals surface area contributed by atoms with Gasteiger partial charge in [-0.25, -0.2) is 19.0 Å². The van der Waals surface area contributed by atoms with E-state index < -0.39 is 41.1 Å². The number of nitrogens with zero attached hydrogens (tertiary/aromatic N) is 5. The Bertz CT molecular complexity index is 1360. The van der Waals surface area contributed by atoms with Gasteiger partial charge in [-0.3, -0.25) is 18.7 Å². The van der Waals surface area contributed by atoms with Crippen LogP contribution in [0.15, 0.2) is 40.2 Å². The van der Waals surface area contributed by atoms with Crippen LogP contribution < -0.4 is 16.0 Å². The predicted octanol–water partition coefficient (Wildman–Crippen LogP) is -0.206. The van der Waals surface area contributed by atoms with Gasteiger partial charge in [0.05, 0.1) is 20.0 Å². The maximum atomic E-state index is 14.0. The Labute approximate surface area is 186 Å². The number of aromatic nitrogens is 4. The zero-order valence-corrected chi connectivity index (χ0v) is 18.2. The number of ether oxygens (including phenoxy) is 2. The number of fused-ring (bicyclic) bond motifs is 1. The number of likely N-dealkylation sites (tertiary alicyclic amines) is 1. The normalized spacial score (nSPS) is 18.0. The Hall–Kier alpha value is -3.96. The molecule has 1 saturated heterocycles. The van der Waals surface area contributed by atoms with Crippen LogP contribution in [0, 0.1) is 5.82 Å². The third-order valence-corrected chi connectivity index (χ3v) is 5.71. The highest BCUT2D eigenvalue weighted by atomic mass is 19.1. The fraction of sp³-hybridized carbons (Fsp3) is 0.381. The summed E-state index contributed by atoms with van der Waals surface area (Å²) in [6.07, 6.45) is 0.774. The molecule has 1 aliphatic heterocycles. The molecule has 3 heterocycles. The van der Waals surface area contributed by atoms with E-state index in [1.165, 1.54) is 59.8 Å². The SMILES string of the molecule is COC(=O)C1CC(Oc2ccccc2F)CN1C(=O)Cn1cnc2c1c(=O)n(C)c(=O)n2C. The lowest BCUT2D eigenvalue weighted by atomic mass is 10.2. The van der Waals surface area contributed by atoms with Gasteiger partial charge in [0.2, 0.25) is 5.91 Å². The van der Waals surface area contributed by atoms with Gasteiger partial charge in [0.25, 0.3) is 5.56 Å². The standard InChI is InChI=1S/C21H22FN5O6/c1-24-18-17(19(29)25(2)21(24)31)26(11-23-18)10-16(28)27-9-12(8-14(27)20(30)32-3)33-15-7-5-4-6-13(15)22/h4-7,11-12,14H,8-10H2,1-3H3. The number of carbonyl (C=O) groups is 2. The van der Waals surface area contributed by atoms with Crippen LogP contribution in [0.3, 0.4) is 0 Å². The third kappa shape index (κ3) is 3.88. The van der Waals surface area contributed by atoms with E-state index in [0.717, 1.165) is 4.57 Å². The van der Waals surface area contributed by atoms with E-state index in [-0.39, 0.29) is 36.4 Å². The molecule has 0 saturated carbocycles. The topological polar surface area (TPSA) is 118 Å². The van der Waals surface area contributed by atoms with Crippen molar-refractivity contribution in [2.75, 3.05) is 13.7 Å². The van der Waals surface area contributed by atoms with Gasteiger partial charge in [-0.1, -0.05) is 12.1 Å². The van der Waals surface area contributed by atoms with Crippen molar-refractivity contribution in [3.05, 3.63) is 57.2 Å². The van der Waals surface area contributed by atoms with E-state index in [2.05, 4.69) is 4.98 Å². The average molecular weight is 459 g/mol. The number of imidazole rings is 1. The van der Waals surface area contributed by atoms with Crippen molar-refractivity contribution in [1.29, 1.82) is 0 Å². The van der Waals surface area contributed by atoms with Crippen molar-refractivity contribution in [3.63, 3.8) is 0 Å². The lowest BCUT2D eigenvalue weighted by Gasteiger charge is -2.22. The first-order valence-corrected chi connectivity index (χ1v) is 10.1. The molecule has 1 fully saturated rings. The second-order valence-corrected chi connectivity index (χ2v) is 7.74. The minimum absolute atomic E-state index is 0.0189. The summed E-state index contributed by atoms with van der Waals surface area (Å²) in [5, 5.41) is 0. The molecule has 0 N–H and O–H groups in total. The molecule has 1 aromatic carbocycles. The van der Waals surface area contributed by atoms with Crippen LogP contribution in [0.5, 0.6) is 5.75 Å². The number of para-hydroxylation sites is 1. The number of benzene rings is 1. The predicted molar refractivity (Wildman–Crippen MR) is 113 cm³/mol. The van der Waals surface area contributed by atoms with Crippen LogP contribution in [0.25, 0.3) is 11.2 Å². The number of hydrogen-bond donors (Lipinski definition) is 0. The minimum Gasteiger partial charge on any atom is -0.485 e. The molecule has 0 bridgehead atoms. The third-order valence-electron chi connectivity index (χ3n) is 5.71. The van der Waals surface area contributed by atoms with E-state index >= 15 is 0 Å².